The number of hydrogen-bond donors (Lipinski definition) is 2. The zero-order valence-corrected chi connectivity index (χ0v) is 18.6. The predicted octanol–water partition coefficient (Wildman–Crippen LogP) is 3.14. The molecule has 0 heterocycles. The molecule has 1 rings (SSSR count). The van der Waals surface area contributed by atoms with Gasteiger partial charge < -0.3 is 28.9 Å². The number of nitroso groups, excluding NO2 is 1. The number of alkyl carbamates (subject to hydrolysis) is 1. The summed E-state index contributed by atoms with van der Waals surface area (Å²) in [6.45, 7) is 8.60. The van der Waals surface area contributed by atoms with Crippen LogP contribution in [-0.2, 0) is 13.6 Å². The van der Waals surface area contributed by atoms with E-state index < -0.39 is 14.7 Å². The van der Waals surface area contributed by atoms with Gasteiger partial charge in [0.25, 0.3) is 0 Å². The van der Waals surface area contributed by atoms with E-state index in [0.717, 1.165) is 18.2 Å². The summed E-state index contributed by atoms with van der Waals surface area (Å²) in [6, 6.07) is 7.48. The van der Waals surface area contributed by atoms with Gasteiger partial charge in [-0.3, -0.25) is 0 Å². The van der Waals surface area contributed by atoms with Crippen LogP contribution in [0.4, 0.5) is 16.2 Å². The second-order valence-electron chi connectivity index (χ2n) is 6.48. The van der Waals surface area contributed by atoms with Gasteiger partial charge in [-0.25, -0.2) is 4.79 Å². The largest absolute Gasteiger partial charge is 0.448 e. The number of nitrogens with zero attached hydrogens (tertiary/aromatic N) is 2. The van der Waals surface area contributed by atoms with Gasteiger partial charge in [-0.15, -0.1) is 4.91 Å². The molecule has 164 valence electrons. The Balaban J connectivity index is 2.34. The van der Waals surface area contributed by atoms with Crippen molar-refractivity contribution in [3.05, 3.63) is 29.2 Å². The minimum absolute atomic E-state index is 0.0395. The summed E-state index contributed by atoms with van der Waals surface area (Å²) < 4.78 is 16.8. The first-order valence-electron chi connectivity index (χ1n) is 9.95. The van der Waals surface area contributed by atoms with Crippen molar-refractivity contribution >= 4 is 26.0 Å². The lowest BCUT2D eigenvalue weighted by Crippen LogP contribution is -2.39. The highest BCUT2D eigenvalue weighted by molar-refractivity contribution is 6.66. The standard InChI is InChI=1S/C19H33N3O6Si/c1-4-27-29(3,28-5-2)16-6-11-20-19(24)26-15-13-22(12-14-23)18-9-7-17(21-25)8-10-18/h7-10,23H,4-6,11-16H2,1-3H3,(H,20,24). The lowest BCUT2D eigenvalue weighted by Gasteiger charge is -2.26. The van der Waals surface area contributed by atoms with Crippen molar-refractivity contribution in [2.24, 2.45) is 5.18 Å². The molecule has 2 N–H and O–H groups in total. The molecule has 0 spiro atoms. The quantitative estimate of drug-likeness (QED) is 0.251. The Morgan fingerprint density at radius 3 is 2.38 bits per heavy atom. The fourth-order valence-corrected chi connectivity index (χ4v) is 5.32. The van der Waals surface area contributed by atoms with Crippen LogP contribution in [0.5, 0.6) is 0 Å². The van der Waals surface area contributed by atoms with E-state index >= 15 is 0 Å². The Hall–Kier alpha value is -2.01. The Kier molecular flexibility index (Phi) is 12.1. The Morgan fingerprint density at radius 1 is 1.17 bits per heavy atom. The van der Waals surface area contributed by atoms with Gasteiger partial charge in [0.15, 0.2) is 0 Å². The number of carbonyl (C=O) groups excluding carboxylic acids is 1. The Labute approximate surface area is 173 Å². The van der Waals surface area contributed by atoms with Crippen LogP contribution >= 0.6 is 0 Å². The van der Waals surface area contributed by atoms with Crippen molar-refractivity contribution in [2.75, 3.05) is 51.0 Å². The molecule has 0 fully saturated rings. The van der Waals surface area contributed by atoms with E-state index in [4.69, 9.17) is 13.6 Å². The van der Waals surface area contributed by atoms with Gasteiger partial charge in [-0.1, -0.05) is 0 Å². The lowest BCUT2D eigenvalue weighted by atomic mass is 10.2. The minimum atomic E-state index is -2.16. The highest BCUT2D eigenvalue weighted by atomic mass is 28.4. The highest BCUT2D eigenvalue weighted by Gasteiger charge is 2.29. The third kappa shape index (κ3) is 9.84. The SMILES string of the molecule is CCO[Si](C)(CCCNC(=O)OCCN(CCO)c1ccc(N=O)cc1)OCC. The van der Waals surface area contributed by atoms with Gasteiger partial charge in [0, 0.05) is 32.0 Å². The van der Waals surface area contributed by atoms with Crippen LogP contribution in [0.3, 0.4) is 0 Å². The molecule has 0 aliphatic carbocycles. The van der Waals surface area contributed by atoms with Crippen LogP contribution in [0.1, 0.15) is 20.3 Å². The molecule has 1 amide bonds. The topological polar surface area (TPSA) is 110 Å². The molecule has 0 saturated heterocycles. The number of ether oxygens (including phenoxy) is 1. The number of rotatable bonds is 15. The van der Waals surface area contributed by atoms with Crippen molar-refractivity contribution in [2.45, 2.75) is 32.9 Å². The molecule has 10 heteroatoms. The summed E-state index contributed by atoms with van der Waals surface area (Å²) in [5, 5.41) is 14.8. The molecule has 0 aliphatic rings. The molecule has 1 aromatic carbocycles. The number of benzene rings is 1. The smallest absolute Gasteiger partial charge is 0.407 e. The normalized spacial score (nSPS) is 11.2. The van der Waals surface area contributed by atoms with Crippen molar-refractivity contribution < 1.29 is 23.5 Å². The van der Waals surface area contributed by atoms with Crippen LogP contribution in [0, 0.1) is 4.91 Å². The van der Waals surface area contributed by atoms with Gasteiger partial charge in [0.2, 0.25) is 0 Å². The minimum Gasteiger partial charge on any atom is -0.448 e. The monoisotopic (exact) mass is 427 g/mol. The highest BCUT2D eigenvalue weighted by Crippen LogP contribution is 2.19. The fourth-order valence-electron chi connectivity index (χ4n) is 2.91. The van der Waals surface area contributed by atoms with Crippen molar-refractivity contribution in [3.63, 3.8) is 0 Å². The first-order chi connectivity index (χ1) is 14.0. The Morgan fingerprint density at radius 2 is 1.83 bits per heavy atom. The van der Waals surface area contributed by atoms with E-state index in [0.29, 0.717) is 38.5 Å². The Bertz CT molecular complexity index is 596. The molecule has 0 aliphatic heterocycles. The van der Waals surface area contributed by atoms with Crippen LogP contribution < -0.4 is 10.2 Å². The maximum atomic E-state index is 11.9. The average molecular weight is 428 g/mol. The zero-order chi connectivity index (χ0) is 21.5. The van der Waals surface area contributed by atoms with Crippen molar-refractivity contribution in [1.82, 2.24) is 5.32 Å². The molecule has 0 saturated carbocycles. The molecule has 0 unspecified atom stereocenters. The second-order valence-corrected chi connectivity index (χ2v) is 9.83. The number of anilines is 1. The number of hydrogen-bond acceptors (Lipinski definition) is 8. The maximum absolute atomic E-state index is 11.9. The molecular formula is C19H33N3O6Si. The average Bonchev–Trinajstić information content (AvgIpc) is 2.71. The van der Waals surface area contributed by atoms with Crippen LogP contribution in [0.25, 0.3) is 0 Å². The van der Waals surface area contributed by atoms with E-state index in [1.807, 2.05) is 25.3 Å². The first kappa shape index (κ1) is 25.0. The molecule has 0 bridgehead atoms. The summed E-state index contributed by atoms with van der Waals surface area (Å²) >= 11 is 0. The maximum Gasteiger partial charge on any atom is 0.407 e. The molecule has 0 atom stereocenters. The molecule has 9 nitrogen and oxygen atoms in total. The summed E-state index contributed by atoms with van der Waals surface area (Å²) in [5.41, 5.74) is 1.15. The van der Waals surface area contributed by atoms with Gasteiger partial charge in [0.05, 0.1) is 13.2 Å². The zero-order valence-electron chi connectivity index (χ0n) is 17.6. The number of aliphatic hydroxyl groups excluding tert-OH is 1. The second kappa shape index (κ2) is 14.0. The van der Waals surface area contributed by atoms with E-state index in [-0.39, 0.29) is 13.2 Å². The number of aliphatic hydroxyl groups is 1. The molecular weight excluding hydrogens is 394 g/mol. The first-order valence-corrected chi connectivity index (χ1v) is 12.5. The summed E-state index contributed by atoms with van der Waals surface area (Å²) in [4.78, 5) is 24.3. The van der Waals surface area contributed by atoms with Crippen molar-refractivity contribution in [1.29, 1.82) is 0 Å². The number of amides is 1. The van der Waals surface area contributed by atoms with Crippen LogP contribution in [-0.4, -0.2) is 65.8 Å². The van der Waals surface area contributed by atoms with E-state index in [2.05, 4.69) is 10.5 Å². The van der Waals surface area contributed by atoms with Crippen LogP contribution in [0.15, 0.2) is 29.4 Å². The molecule has 29 heavy (non-hydrogen) atoms. The third-order valence-corrected chi connectivity index (χ3v) is 7.32. The van der Waals surface area contributed by atoms with Crippen molar-refractivity contribution in [3.8, 4) is 0 Å². The summed E-state index contributed by atoms with van der Waals surface area (Å²) in [7, 11) is -2.16. The third-order valence-electron chi connectivity index (χ3n) is 4.26. The van der Waals surface area contributed by atoms with E-state index in [1.165, 1.54) is 0 Å². The number of nitrogens with one attached hydrogen (secondary N) is 1. The van der Waals surface area contributed by atoms with E-state index in [1.54, 1.807) is 24.3 Å². The predicted molar refractivity (Wildman–Crippen MR) is 115 cm³/mol. The van der Waals surface area contributed by atoms with Gasteiger partial charge in [-0.2, -0.15) is 0 Å². The summed E-state index contributed by atoms with van der Waals surface area (Å²) in [6.07, 6.45) is 0.275. The molecule has 1 aromatic rings. The summed E-state index contributed by atoms with van der Waals surface area (Å²) in [5.74, 6) is 0. The molecule has 0 radical (unpaired) electrons. The fraction of sp³-hybridized carbons (Fsp3) is 0.632. The van der Waals surface area contributed by atoms with Gasteiger partial charge in [-0.05, 0) is 62.3 Å². The van der Waals surface area contributed by atoms with Gasteiger partial charge >= 0.3 is 14.7 Å². The number of carbonyl (C=O) groups is 1. The van der Waals surface area contributed by atoms with Crippen LogP contribution in [0.2, 0.25) is 12.6 Å². The lowest BCUT2D eigenvalue weighted by molar-refractivity contribution is 0.148. The van der Waals surface area contributed by atoms with E-state index in [9.17, 15) is 14.8 Å². The molecule has 0 aromatic heterocycles. The van der Waals surface area contributed by atoms with Gasteiger partial charge in [0.1, 0.15) is 12.3 Å².